The van der Waals surface area contributed by atoms with Crippen LogP contribution in [0, 0.1) is 5.92 Å². The lowest BCUT2D eigenvalue weighted by Gasteiger charge is -2.31. The van der Waals surface area contributed by atoms with Crippen LogP contribution in [-0.4, -0.2) is 19.3 Å². The Hall–Kier alpha value is -1.03. The number of hydrogen-bond acceptors (Lipinski definition) is 1. The second kappa shape index (κ2) is 6.61. The number of halogens is 3. The molecule has 2 rings (SSSR count). The van der Waals surface area contributed by atoms with Crippen molar-refractivity contribution in [1.82, 2.24) is 5.32 Å². The molecule has 0 fully saturated rings. The van der Waals surface area contributed by atoms with Gasteiger partial charge in [-0.1, -0.05) is 24.3 Å². The molecule has 20 heavy (non-hydrogen) atoms. The largest absolute Gasteiger partial charge is 0.389 e. The number of nitrogens with one attached hydrogen (secondary N) is 1. The summed E-state index contributed by atoms with van der Waals surface area (Å²) < 4.78 is 36.7. The van der Waals surface area contributed by atoms with Gasteiger partial charge in [0.25, 0.3) is 0 Å². The quantitative estimate of drug-likeness (QED) is 0.858. The van der Waals surface area contributed by atoms with Crippen LogP contribution in [0.15, 0.2) is 24.3 Å². The molecule has 0 radical (unpaired) electrons. The zero-order chi connectivity index (χ0) is 14.6. The van der Waals surface area contributed by atoms with Gasteiger partial charge in [0.05, 0.1) is 0 Å². The first kappa shape index (κ1) is 15.4. The molecule has 2 atom stereocenters. The Morgan fingerprint density at radius 1 is 1.25 bits per heavy atom. The van der Waals surface area contributed by atoms with Gasteiger partial charge < -0.3 is 5.32 Å². The Labute approximate surface area is 118 Å². The summed E-state index contributed by atoms with van der Waals surface area (Å²) in [6.07, 6.45) is -0.803. The number of alkyl halides is 3. The first-order chi connectivity index (χ1) is 9.49. The molecule has 0 bridgehead atoms. The van der Waals surface area contributed by atoms with Crippen molar-refractivity contribution < 1.29 is 13.2 Å². The normalized spacial score (nSPS) is 20.5. The number of rotatable bonds is 5. The average molecular weight is 285 g/mol. The van der Waals surface area contributed by atoms with E-state index in [1.165, 1.54) is 11.1 Å². The van der Waals surface area contributed by atoms with Crippen molar-refractivity contribution in [2.24, 2.45) is 5.92 Å². The lowest BCUT2D eigenvalue weighted by molar-refractivity contribution is -0.136. The van der Waals surface area contributed by atoms with E-state index in [-0.39, 0.29) is 12.5 Å². The van der Waals surface area contributed by atoms with Crippen molar-refractivity contribution in [3.05, 3.63) is 35.4 Å². The van der Waals surface area contributed by atoms with E-state index in [1.54, 1.807) is 0 Å². The highest BCUT2D eigenvalue weighted by atomic mass is 19.4. The van der Waals surface area contributed by atoms with Gasteiger partial charge in [0.15, 0.2) is 0 Å². The molecule has 0 heterocycles. The fourth-order valence-corrected chi connectivity index (χ4v) is 3.21. The number of fused-ring (bicyclic) bond motifs is 1. The van der Waals surface area contributed by atoms with Gasteiger partial charge in [0.1, 0.15) is 0 Å². The third-order valence-corrected chi connectivity index (χ3v) is 4.30. The third kappa shape index (κ3) is 4.23. The number of benzene rings is 1. The summed E-state index contributed by atoms with van der Waals surface area (Å²) in [7, 11) is 1.86. The molecule has 1 aromatic rings. The van der Waals surface area contributed by atoms with Crippen LogP contribution in [0.2, 0.25) is 0 Å². The molecule has 0 saturated carbocycles. The monoisotopic (exact) mass is 285 g/mol. The second-order valence-electron chi connectivity index (χ2n) is 5.67. The SMILES string of the molecule is CNC(CCCC(F)(F)F)C1CCc2ccccc2C1. The summed E-state index contributed by atoms with van der Waals surface area (Å²) in [5.74, 6) is 0.447. The predicted molar refractivity (Wildman–Crippen MR) is 74.7 cm³/mol. The van der Waals surface area contributed by atoms with E-state index in [0.29, 0.717) is 12.3 Å². The smallest absolute Gasteiger partial charge is 0.317 e. The van der Waals surface area contributed by atoms with Crippen molar-refractivity contribution in [3.63, 3.8) is 0 Å². The molecule has 4 heteroatoms. The maximum atomic E-state index is 12.2. The minimum Gasteiger partial charge on any atom is -0.317 e. The Bertz CT molecular complexity index is 428. The van der Waals surface area contributed by atoms with E-state index in [9.17, 15) is 13.2 Å². The van der Waals surface area contributed by atoms with Crippen molar-refractivity contribution in [2.45, 2.75) is 50.7 Å². The van der Waals surface area contributed by atoms with Gasteiger partial charge in [0, 0.05) is 12.5 Å². The van der Waals surface area contributed by atoms with Crippen LogP contribution in [-0.2, 0) is 12.8 Å². The summed E-state index contributed by atoms with van der Waals surface area (Å²) >= 11 is 0. The highest BCUT2D eigenvalue weighted by molar-refractivity contribution is 5.29. The molecule has 0 spiro atoms. The fraction of sp³-hybridized carbons (Fsp3) is 0.625. The van der Waals surface area contributed by atoms with E-state index >= 15 is 0 Å². The molecular formula is C16H22F3N. The summed E-state index contributed by atoms with van der Waals surface area (Å²) in [6.45, 7) is 0. The average Bonchev–Trinajstić information content (AvgIpc) is 2.42. The molecule has 2 unspecified atom stereocenters. The van der Waals surface area contributed by atoms with Gasteiger partial charge in [-0.15, -0.1) is 0 Å². The van der Waals surface area contributed by atoms with Crippen LogP contribution in [0.4, 0.5) is 13.2 Å². The lowest BCUT2D eigenvalue weighted by atomic mass is 9.79. The molecule has 1 aromatic carbocycles. The van der Waals surface area contributed by atoms with Gasteiger partial charge in [-0.3, -0.25) is 0 Å². The van der Waals surface area contributed by atoms with Gasteiger partial charge in [-0.25, -0.2) is 0 Å². The molecular weight excluding hydrogens is 263 g/mol. The van der Waals surface area contributed by atoms with E-state index in [0.717, 1.165) is 19.3 Å². The van der Waals surface area contributed by atoms with Crippen LogP contribution in [0.1, 0.15) is 36.8 Å². The molecule has 0 saturated heterocycles. The Balaban J connectivity index is 1.90. The summed E-state index contributed by atoms with van der Waals surface area (Å²) in [4.78, 5) is 0. The second-order valence-corrected chi connectivity index (χ2v) is 5.67. The highest BCUT2D eigenvalue weighted by Crippen LogP contribution is 2.30. The van der Waals surface area contributed by atoms with E-state index in [4.69, 9.17) is 0 Å². The van der Waals surface area contributed by atoms with Gasteiger partial charge in [-0.2, -0.15) is 13.2 Å². The maximum absolute atomic E-state index is 12.2. The first-order valence-electron chi connectivity index (χ1n) is 7.30. The van der Waals surface area contributed by atoms with Crippen molar-refractivity contribution in [2.75, 3.05) is 7.05 Å². The van der Waals surface area contributed by atoms with Crippen molar-refractivity contribution in [1.29, 1.82) is 0 Å². The summed E-state index contributed by atoms with van der Waals surface area (Å²) in [6, 6.07) is 8.58. The van der Waals surface area contributed by atoms with Crippen LogP contribution < -0.4 is 5.32 Å². The van der Waals surface area contributed by atoms with E-state index in [2.05, 4.69) is 23.5 Å². The van der Waals surface area contributed by atoms with Crippen molar-refractivity contribution in [3.8, 4) is 0 Å². The summed E-state index contributed by atoms with van der Waals surface area (Å²) in [5, 5.41) is 3.22. The molecule has 1 nitrogen and oxygen atoms in total. The maximum Gasteiger partial charge on any atom is 0.389 e. The van der Waals surface area contributed by atoms with Crippen LogP contribution in [0.25, 0.3) is 0 Å². The molecule has 0 amide bonds. The molecule has 1 aliphatic carbocycles. The molecule has 0 aromatic heterocycles. The molecule has 0 aliphatic heterocycles. The highest BCUT2D eigenvalue weighted by Gasteiger charge is 2.29. The first-order valence-corrected chi connectivity index (χ1v) is 7.30. The standard InChI is InChI=1S/C16H22F3N/c1-20-15(7-4-10-16(17,18)19)14-9-8-12-5-2-3-6-13(12)11-14/h2-3,5-6,14-15,20H,4,7-11H2,1H3. The predicted octanol–water partition coefficient (Wildman–Crippen LogP) is 4.11. The third-order valence-electron chi connectivity index (χ3n) is 4.30. The Kier molecular flexibility index (Phi) is 5.08. The Morgan fingerprint density at radius 2 is 1.95 bits per heavy atom. The fourth-order valence-electron chi connectivity index (χ4n) is 3.21. The minimum absolute atomic E-state index is 0.186. The van der Waals surface area contributed by atoms with Crippen molar-refractivity contribution >= 4 is 0 Å². The summed E-state index contributed by atoms with van der Waals surface area (Å²) in [5.41, 5.74) is 2.76. The molecule has 1 N–H and O–H groups in total. The van der Waals surface area contributed by atoms with Crippen LogP contribution in [0.3, 0.4) is 0 Å². The van der Waals surface area contributed by atoms with Gasteiger partial charge in [0.2, 0.25) is 0 Å². The van der Waals surface area contributed by atoms with Gasteiger partial charge in [-0.05, 0) is 56.2 Å². The van der Waals surface area contributed by atoms with Crippen LogP contribution >= 0.6 is 0 Å². The zero-order valence-corrected chi connectivity index (χ0v) is 11.8. The molecule has 1 aliphatic rings. The topological polar surface area (TPSA) is 12.0 Å². The van der Waals surface area contributed by atoms with E-state index < -0.39 is 12.6 Å². The zero-order valence-electron chi connectivity index (χ0n) is 11.8. The molecule has 112 valence electrons. The van der Waals surface area contributed by atoms with Gasteiger partial charge >= 0.3 is 6.18 Å². The minimum atomic E-state index is -4.03. The lowest BCUT2D eigenvalue weighted by Crippen LogP contribution is -2.37. The van der Waals surface area contributed by atoms with Crippen LogP contribution in [0.5, 0.6) is 0 Å². The number of aryl methyl sites for hydroxylation is 1. The number of hydrogen-bond donors (Lipinski definition) is 1. The van der Waals surface area contributed by atoms with E-state index in [1.807, 2.05) is 13.1 Å². The Morgan fingerprint density at radius 3 is 2.60 bits per heavy atom.